The van der Waals surface area contributed by atoms with Crippen LogP contribution < -0.4 is 10.0 Å². The maximum atomic E-state index is 12.7. The number of nitrogens with one attached hydrogen (secondary N) is 2. The highest BCUT2D eigenvalue weighted by Gasteiger charge is 2.25. The van der Waals surface area contributed by atoms with Crippen LogP contribution in [0.25, 0.3) is 10.8 Å². The molecule has 1 amide bonds. The normalized spacial score (nSPS) is 13.2. The Balaban J connectivity index is 1.65. The molecule has 0 spiro atoms. The molecule has 25 heavy (non-hydrogen) atoms. The van der Waals surface area contributed by atoms with Gasteiger partial charge in [-0.15, -0.1) is 0 Å². The highest BCUT2D eigenvalue weighted by atomic mass is 32.2. The molecule has 4 rings (SSSR count). The fourth-order valence-electron chi connectivity index (χ4n) is 3.15. The summed E-state index contributed by atoms with van der Waals surface area (Å²) in [7, 11) is -3.67. The summed E-state index contributed by atoms with van der Waals surface area (Å²) < 4.78 is 28.1. The molecule has 2 N–H and O–H groups in total. The van der Waals surface area contributed by atoms with Crippen LogP contribution >= 0.6 is 0 Å². The van der Waals surface area contributed by atoms with E-state index in [-0.39, 0.29) is 10.8 Å². The van der Waals surface area contributed by atoms with Crippen molar-refractivity contribution in [3.05, 3.63) is 71.8 Å². The molecule has 3 aromatic rings. The van der Waals surface area contributed by atoms with E-state index in [0.29, 0.717) is 35.0 Å². The van der Waals surface area contributed by atoms with Crippen LogP contribution in [0, 0.1) is 0 Å². The minimum absolute atomic E-state index is 0.192. The molecule has 0 saturated heterocycles. The summed E-state index contributed by atoms with van der Waals surface area (Å²) in [6, 6.07) is 18.0. The third-order valence-corrected chi connectivity index (χ3v) is 5.85. The van der Waals surface area contributed by atoms with E-state index >= 15 is 0 Å². The molecular formula is C19H16N2O3S. The second-order valence-corrected chi connectivity index (χ2v) is 7.66. The van der Waals surface area contributed by atoms with Gasteiger partial charge in [-0.25, -0.2) is 13.1 Å². The van der Waals surface area contributed by atoms with E-state index in [0.717, 1.165) is 5.56 Å². The van der Waals surface area contributed by atoms with Crippen LogP contribution in [-0.4, -0.2) is 20.9 Å². The zero-order valence-corrected chi connectivity index (χ0v) is 14.1. The molecule has 1 aliphatic heterocycles. The molecule has 0 fully saturated rings. The first kappa shape index (κ1) is 15.8. The Bertz CT molecular complexity index is 1080. The summed E-state index contributed by atoms with van der Waals surface area (Å²) in [4.78, 5) is 12.2. The number of sulfonamides is 1. The van der Waals surface area contributed by atoms with Gasteiger partial charge in [0.25, 0.3) is 5.91 Å². The molecule has 1 heterocycles. The van der Waals surface area contributed by atoms with Crippen LogP contribution in [0.2, 0.25) is 0 Å². The number of carbonyl (C=O) groups is 1. The Morgan fingerprint density at radius 1 is 0.920 bits per heavy atom. The van der Waals surface area contributed by atoms with E-state index in [9.17, 15) is 13.2 Å². The Labute approximate surface area is 145 Å². The van der Waals surface area contributed by atoms with Crippen molar-refractivity contribution in [2.24, 2.45) is 0 Å². The zero-order chi connectivity index (χ0) is 17.4. The van der Waals surface area contributed by atoms with E-state index in [1.54, 1.807) is 24.3 Å². The average molecular weight is 352 g/mol. The van der Waals surface area contributed by atoms with Gasteiger partial charge in [-0.3, -0.25) is 4.79 Å². The molecule has 1 aliphatic rings. The summed E-state index contributed by atoms with van der Waals surface area (Å²) in [6.07, 6.45) is 0.612. The van der Waals surface area contributed by atoms with Crippen LogP contribution in [0.1, 0.15) is 15.9 Å². The van der Waals surface area contributed by atoms with Gasteiger partial charge < -0.3 is 5.32 Å². The van der Waals surface area contributed by atoms with Gasteiger partial charge in [0.15, 0.2) is 0 Å². The first-order chi connectivity index (χ1) is 12.1. The molecule has 0 aromatic heterocycles. The first-order valence-corrected chi connectivity index (χ1v) is 9.45. The molecule has 3 aromatic carbocycles. The van der Waals surface area contributed by atoms with E-state index in [2.05, 4.69) is 10.0 Å². The maximum absolute atomic E-state index is 12.7. The number of rotatable bonds is 5. The van der Waals surface area contributed by atoms with Gasteiger partial charge in [0.05, 0.1) is 4.90 Å². The Morgan fingerprint density at radius 2 is 1.72 bits per heavy atom. The third kappa shape index (κ3) is 2.79. The van der Waals surface area contributed by atoms with Gasteiger partial charge in [-0.05, 0) is 30.2 Å². The van der Waals surface area contributed by atoms with Crippen molar-refractivity contribution in [3.63, 3.8) is 0 Å². The SMILES string of the molecule is O=C1Nc2ccc(S(=O)(=O)NCCc3ccccc3)c3cccc1c23. The molecule has 0 bridgehead atoms. The molecule has 126 valence electrons. The standard InChI is InChI=1S/C19H16N2O3S/c22-19-15-8-4-7-14-17(10-9-16(21-19)18(14)15)25(23,24)20-12-11-13-5-2-1-3-6-13/h1-10,20H,11-12H2,(H,21,22). The van der Waals surface area contributed by atoms with Crippen LogP contribution in [0.4, 0.5) is 5.69 Å². The second-order valence-electron chi connectivity index (χ2n) is 5.93. The van der Waals surface area contributed by atoms with Gasteiger partial charge in [0.1, 0.15) is 0 Å². The van der Waals surface area contributed by atoms with E-state index < -0.39 is 10.0 Å². The highest BCUT2D eigenvalue weighted by Crippen LogP contribution is 2.36. The topological polar surface area (TPSA) is 75.3 Å². The van der Waals surface area contributed by atoms with Gasteiger partial charge in [-0.2, -0.15) is 0 Å². The van der Waals surface area contributed by atoms with Crippen molar-refractivity contribution in [3.8, 4) is 0 Å². The van der Waals surface area contributed by atoms with Crippen LogP contribution in [0.3, 0.4) is 0 Å². The van der Waals surface area contributed by atoms with Gasteiger partial charge in [-0.1, -0.05) is 42.5 Å². The minimum Gasteiger partial charge on any atom is -0.321 e. The summed E-state index contributed by atoms with van der Waals surface area (Å²) in [5, 5.41) is 3.98. The first-order valence-electron chi connectivity index (χ1n) is 7.97. The third-order valence-electron chi connectivity index (χ3n) is 4.33. The average Bonchev–Trinajstić information content (AvgIpc) is 2.94. The number of carbonyl (C=O) groups excluding carboxylic acids is 1. The van der Waals surface area contributed by atoms with E-state index in [1.165, 1.54) is 6.07 Å². The van der Waals surface area contributed by atoms with E-state index in [4.69, 9.17) is 0 Å². The monoisotopic (exact) mass is 352 g/mol. The minimum atomic E-state index is -3.67. The second kappa shape index (κ2) is 5.98. The maximum Gasteiger partial charge on any atom is 0.256 e. The van der Waals surface area contributed by atoms with Crippen molar-refractivity contribution in [1.82, 2.24) is 4.72 Å². The number of hydrogen-bond acceptors (Lipinski definition) is 3. The van der Waals surface area contributed by atoms with E-state index in [1.807, 2.05) is 30.3 Å². The number of benzene rings is 3. The Morgan fingerprint density at radius 3 is 2.52 bits per heavy atom. The Hall–Kier alpha value is -2.70. The lowest BCUT2D eigenvalue weighted by molar-refractivity contribution is 0.103. The lowest BCUT2D eigenvalue weighted by Crippen LogP contribution is -2.26. The molecule has 0 saturated carbocycles. The van der Waals surface area contributed by atoms with Crippen molar-refractivity contribution in [1.29, 1.82) is 0 Å². The Kier molecular flexibility index (Phi) is 3.78. The molecule has 0 radical (unpaired) electrons. The zero-order valence-electron chi connectivity index (χ0n) is 13.3. The van der Waals surface area contributed by atoms with Crippen molar-refractivity contribution in [2.45, 2.75) is 11.3 Å². The number of anilines is 1. The van der Waals surface area contributed by atoms with Crippen LogP contribution in [-0.2, 0) is 16.4 Å². The quantitative estimate of drug-likeness (QED) is 0.741. The van der Waals surface area contributed by atoms with Crippen molar-refractivity contribution >= 4 is 32.4 Å². The molecule has 0 aliphatic carbocycles. The van der Waals surface area contributed by atoms with Crippen molar-refractivity contribution < 1.29 is 13.2 Å². The summed E-state index contributed by atoms with van der Waals surface area (Å²) in [5.41, 5.74) is 2.23. The predicted octanol–water partition coefficient (Wildman–Crippen LogP) is 2.93. The number of amides is 1. The molecule has 6 heteroatoms. The van der Waals surface area contributed by atoms with Gasteiger partial charge in [0, 0.05) is 28.6 Å². The van der Waals surface area contributed by atoms with Gasteiger partial charge in [0.2, 0.25) is 10.0 Å². The smallest absolute Gasteiger partial charge is 0.256 e. The summed E-state index contributed by atoms with van der Waals surface area (Å²) in [5.74, 6) is -0.202. The fraction of sp³-hybridized carbons (Fsp3) is 0.105. The molecular weight excluding hydrogens is 336 g/mol. The molecule has 0 atom stereocenters. The lowest BCUT2D eigenvalue weighted by Gasteiger charge is -2.10. The summed E-state index contributed by atoms with van der Waals surface area (Å²) >= 11 is 0. The summed E-state index contributed by atoms with van der Waals surface area (Å²) in [6.45, 7) is 0.312. The van der Waals surface area contributed by atoms with Crippen LogP contribution in [0.15, 0.2) is 65.6 Å². The fourth-order valence-corrected chi connectivity index (χ4v) is 4.38. The largest absolute Gasteiger partial charge is 0.321 e. The lowest BCUT2D eigenvalue weighted by atomic mass is 10.1. The highest BCUT2D eigenvalue weighted by molar-refractivity contribution is 7.89. The van der Waals surface area contributed by atoms with Crippen molar-refractivity contribution in [2.75, 3.05) is 11.9 Å². The molecule has 5 nitrogen and oxygen atoms in total. The number of hydrogen-bond donors (Lipinski definition) is 2. The van der Waals surface area contributed by atoms with Gasteiger partial charge >= 0.3 is 0 Å². The van der Waals surface area contributed by atoms with Crippen LogP contribution in [0.5, 0.6) is 0 Å². The molecule has 0 unspecified atom stereocenters. The predicted molar refractivity (Wildman–Crippen MR) is 97.2 cm³/mol.